The van der Waals surface area contributed by atoms with E-state index in [-0.39, 0.29) is 0 Å². The molecule has 2 nitrogen and oxygen atoms in total. The molecule has 0 aromatic rings. The molecule has 2 heteroatoms. The lowest BCUT2D eigenvalue weighted by atomic mass is 10.0. The first-order chi connectivity index (χ1) is 12.3. The fraction of sp³-hybridized carbons (Fsp3) is 0.957. The van der Waals surface area contributed by atoms with E-state index in [0.717, 1.165) is 25.3 Å². The Morgan fingerprint density at radius 1 is 0.520 bits per heavy atom. The molecule has 0 amide bonds. The van der Waals surface area contributed by atoms with Gasteiger partial charge >= 0.3 is 0 Å². The minimum absolute atomic E-state index is 0.843. The first-order valence-corrected chi connectivity index (χ1v) is 11.6. The molecule has 0 aliphatic heterocycles. The van der Waals surface area contributed by atoms with Gasteiger partial charge in [0.1, 0.15) is 0 Å². The molecule has 0 aliphatic carbocycles. The van der Waals surface area contributed by atoms with E-state index in [1.165, 1.54) is 103 Å². The average molecular weight is 353 g/mol. The van der Waals surface area contributed by atoms with Gasteiger partial charge in [0.2, 0.25) is 0 Å². The highest BCUT2D eigenvalue weighted by atomic mass is 15.1. The lowest BCUT2D eigenvalue weighted by Gasteiger charge is -2.21. The summed E-state index contributed by atoms with van der Waals surface area (Å²) in [6, 6.07) is 0. The van der Waals surface area contributed by atoms with Crippen molar-refractivity contribution in [3.05, 3.63) is 0 Å². The molecule has 0 aromatic heterocycles. The Bertz CT molecular complexity index is 271. The molecule has 0 unspecified atom stereocenters. The highest BCUT2D eigenvalue weighted by molar-refractivity contribution is 5.78. The third kappa shape index (κ3) is 16.7. The largest absolute Gasteiger partial charge is 0.361 e. The van der Waals surface area contributed by atoms with Gasteiger partial charge in [0, 0.05) is 19.5 Å². The standard InChI is InChI=1S/C23H48N2/c1-4-7-8-9-10-11-12-13-14-15-16-17-18-19-20-21-22-23(24)25(5-2)6-3/h24H,4-22H2,1-3H3. The quantitative estimate of drug-likeness (QED) is 0.142. The molecule has 0 saturated heterocycles. The summed E-state index contributed by atoms with van der Waals surface area (Å²) in [7, 11) is 0. The van der Waals surface area contributed by atoms with Crippen molar-refractivity contribution in [3.63, 3.8) is 0 Å². The number of hydrogen-bond acceptors (Lipinski definition) is 1. The summed E-state index contributed by atoms with van der Waals surface area (Å²) >= 11 is 0. The van der Waals surface area contributed by atoms with Gasteiger partial charge in [0.15, 0.2) is 0 Å². The van der Waals surface area contributed by atoms with Crippen molar-refractivity contribution in [1.82, 2.24) is 4.90 Å². The first kappa shape index (κ1) is 24.5. The summed E-state index contributed by atoms with van der Waals surface area (Å²) in [4.78, 5) is 2.17. The molecule has 0 atom stereocenters. The summed E-state index contributed by atoms with van der Waals surface area (Å²) in [6.07, 6.45) is 23.6. The lowest BCUT2D eigenvalue weighted by molar-refractivity contribution is 0.447. The second kappa shape index (κ2) is 19.8. The van der Waals surface area contributed by atoms with Crippen molar-refractivity contribution in [3.8, 4) is 0 Å². The molecule has 25 heavy (non-hydrogen) atoms. The van der Waals surface area contributed by atoms with Crippen LogP contribution in [-0.4, -0.2) is 23.8 Å². The second-order valence-corrected chi connectivity index (χ2v) is 7.67. The van der Waals surface area contributed by atoms with E-state index >= 15 is 0 Å². The van der Waals surface area contributed by atoms with E-state index in [0.29, 0.717) is 0 Å². The van der Waals surface area contributed by atoms with Gasteiger partial charge in [-0.2, -0.15) is 0 Å². The molecule has 0 rings (SSSR count). The van der Waals surface area contributed by atoms with Crippen LogP contribution in [0.15, 0.2) is 0 Å². The van der Waals surface area contributed by atoms with Gasteiger partial charge in [0.05, 0.1) is 5.84 Å². The van der Waals surface area contributed by atoms with Gasteiger partial charge in [-0.25, -0.2) is 0 Å². The zero-order valence-electron chi connectivity index (χ0n) is 17.9. The van der Waals surface area contributed by atoms with Gasteiger partial charge < -0.3 is 4.90 Å². The number of nitrogens with zero attached hydrogens (tertiary/aromatic N) is 1. The van der Waals surface area contributed by atoms with Gasteiger partial charge in [0.25, 0.3) is 0 Å². The summed E-state index contributed by atoms with van der Waals surface area (Å²) in [6.45, 7) is 8.54. The minimum atomic E-state index is 0.843. The van der Waals surface area contributed by atoms with Gasteiger partial charge in [-0.05, 0) is 20.3 Å². The summed E-state index contributed by atoms with van der Waals surface area (Å²) < 4.78 is 0. The highest BCUT2D eigenvalue weighted by Gasteiger charge is 2.04. The number of rotatable bonds is 19. The molecule has 0 spiro atoms. The molecule has 0 heterocycles. The first-order valence-electron chi connectivity index (χ1n) is 11.6. The fourth-order valence-electron chi connectivity index (χ4n) is 3.60. The summed E-state index contributed by atoms with van der Waals surface area (Å²) in [5.41, 5.74) is 0. The van der Waals surface area contributed by atoms with Crippen LogP contribution in [0.3, 0.4) is 0 Å². The monoisotopic (exact) mass is 352 g/mol. The topological polar surface area (TPSA) is 27.1 Å². The van der Waals surface area contributed by atoms with Crippen LogP contribution in [-0.2, 0) is 0 Å². The summed E-state index contributed by atoms with van der Waals surface area (Å²) in [5.74, 6) is 0.843. The Morgan fingerprint density at radius 2 is 0.840 bits per heavy atom. The second-order valence-electron chi connectivity index (χ2n) is 7.67. The van der Waals surface area contributed by atoms with Gasteiger partial charge in [-0.3, -0.25) is 5.41 Å². The van der Waals surface area contributed by atoms with Crippen molar-refractivity contribution in [2.24, 2.45) is 0 Å². The van der Waals surface area contributed by atoms with Crippen LogP contribution >= 0.6 is 0 Å². The SMILES string of the molecule is CCCCCCCCCCCCCCCCCCC(=N)N(CC)CC. The normalized spacial score (nSPS) is 11.0. The van der Waals surface area contributed by atoms with Crippen LogP contribution in [0, 0.1) is 5.41 Å². The third-order valence-corrected chi connectivity index (χ3v) is 5.41. The molecule has 0 fully saturated rings. The number of amidine groups is 1. The molecule has 1 N–H and O–H groups in total. The van der Waals surface area contributed by atoms with Crippen LogP contribution < -0.4 is 0 Å². The van der Waals surface area contributed by atoms with E-state index in [1.54, 1.807) is 0 Å². The Labute approximate surface area is 159 Å². The molecule has 0 radical (unpaired) electrons. The predicted molar refractivity (Wildman–Crippen MR) is 115 cm³/mol. The number of nitrogens with one attached hydrogen (secondary N) is 1. The van der Waals surface area contributed by atoms with Gasteiger partial charge in [-0.15, -0.1) is 0 Å². The molecule has 150 valence electrons. The Kier molecular flexibility index (Phi) is 19.4. The molecular weight excluding hydrogens is 304 g/mol. The van der Waals surface area contributed by atoms with E-state index in [4.69, 9.17) is 5.41 Å². The highest BCUT2D eigenvalue weighted by Crippen LogP contribution is 2.14. The third-order valence-electron chi connectivity index (χ3n) is 5.41. The van der Waals surface area contributed by atoms with E-state index < -0.39 is 0 Å². The smallest absolute Gasteiger partial charge is 0.0957 e. The lowest BCUT2D eigenvalue weighted by Crippen LogP contribution is -2.29. The number of unbranched alkanes of at least 4 members (excludes halogenated alkanes) is 15. The average Bonchev–Trinajstić information content (AvgIpc) is 2.62. The van der Waals surface area contributed by atoms with Crippen molar-refractivity contribution < 1.29 is 0 Å². The van der Waals surface area contributed by atoms with Crippen molar-refractivity contribution in [1.29, 1.82) is 5.41 Å². The van der Waals surface area contributed by atoms with Gasteiger partial charge in [-0.1, -0.05) is 103 Å². The van der Waals surface area contributed by atoms with Crippen LogP contribution in [0.5, 0.6) is 0 Å². The van der Waals surface area contributed by atoms with Crippen LogP contribution in [0.2, 0.25) is 0 Å². The van der Waals surface area contributed by atoms with Crippen LogP contribution in [0.1, 0.15) is 130 Å². The Hall–Kier alpha value is -0.530. The maximum absolute atomic E-state index is 8.05. The van der Waals surface area contributed by atoms with E-state index in [2.05, 4.69) is 25.7 Å². The molecule has 0 aromatic carbocycles. The van der Waals surface area contributed by atoms with Crippen LogP contribution in [0.4, 0.5) is 0 Å². The molecular formula is C23H48N2. The zero-order chi connectivity index (χ0) is 18.6. The Morgan fingerprint density at radius 3 is 1.16 bits per heavy atom. The summed E-state index contributed by atoms with van der Waals surface area (Å²) in [5, 5.41) is 8.05. The molecule has 0 bridgehead atoms. The molecule has 0 saturated carbocycles. The molecule has 0 aliphatic rings. The van der Waals surface area contributed by atoms with E-state index in [1.807, 2.05) is 0 Å². The maximum atomic E-state index is 8.05. The predicted octanol–water partition coefficient (Wildman–Crippen LogP) is 7.96. The minimum Gasteiger partial charge on any atom is -0.361 e. The zero-order valence-corrected chi connectivity index (χ0v) is 17.9. The Balaban J connectivity index is 3.15. The van der Waals surface area contributed by atoms with Crippen molar-refractivity contribution >= 4 is 5.84 Å². The number of hydrogen-bond donors (Lipinski definition) is 1. The van der Waals surface area contributed by atoms with E-state index in [9.17, 15) is 0 Å². The van der Waals surface area contributed by atoms with Crippen molar-refractivity contribution in [2.75, 3.05) is 13.1 Å². The van der Waals surface area contributed by atoms with Crippen LogP contribution in [0.25, 0.3) is 0 Å². The fourth-order valence-corrected chi connectivity index (χ4v) is 3.60. The van der Waals surface area contributed by atoms with Crippen molar-refractivity contribution in [2.45, 2.75) is 130 Å². The maximum Gasteiger partial charge on any atom is 0.0957 e.